The summed E-state index contributed by atoms with van der Waals surface area (Å²) in [6.07, 6.45) is -2.77. The molecule has 14 nitrogen and oxygen atoms in total. The predicted molar refractivity (Wildman–Crippen MR) is 163 cm³/mol. The van der Waals surface area contributed by atoms with Gasteiger partial charge in [-0.1, -0.05) is 0 Å². The Kier molecular flexibility index (Phi) is 7.71. The summed E-state index contributed by atoms with van der Waals surface area (Å²) in [7, 11) is 4.76. The highest BCUT2D eigenvalue weighted by Crippen LogP contribution is 2.55. The lowest BCUT2D eigenvalue weighted by Crippen LogP contribution is -2.61. The standard InChI is InChI=1S/C34H34O14/c1-13-11-17-23(29(39)25-15(43-3)7-9-19(35)33(25,47-17)31(41)45-5)27(37)21(13)22-14(2)12-18-24(28(22)38)30(40)26-16(44-4)8-10-20(36)34(26,48-18)32(42)46-6/h11-12,19-20,35-38H,7-10H2,1-6H3/t19-,20-,33+,34+/m0/s1. The van der Waals surface area contributed by atoms with Crippen LogP contribution < -0.4 is 9.47 Å². The maximum absolute atomic E-state index is 14.2. The van der Waals surface area contributed by atoms with Crippen LogP contribution in [0.3, 0.4) is 0 Å². The van der Waals surface area contributed by atoms with Crippen molar-refractivity contribution >= 4 is 23.5 Å². The fourth-order valence-corrected chi connectivity index (χ4v) is 7.41. The van der Waals surface area contributed by atoms with Gasteiger partial charge in [0.05, 0.1) is 39.6 Å². The fourth-order valence-electron chi connectivity index (χ4n) is 7.41. The summed E-state index contributed by atoms with van der Waals surface area (Å²) >= 11 is 0. The van der Waals surface area contributed by atoms with Gasteiger partial charge in [-0.3, -0.25) is 9.59 Å². The average Bonchev–Trinajstić information content (AvgIpc) is 3.05. The molecule has 254 valence electrons. The average molecular weight is 667 g/mol. The first-order chi connectivity index (χ1) is 22.8. The first-order valence-corrected chi connectivity index (χ1v) is 15.1. The topological polar surface area (TPSA) is 205 Å². The number of methoxy groups -OCH3 is 4. The molecule has 2 aliphatic heterocycles. The monoisotopic (exact) mass is 666 g/mol. The highest BCUT2D eigenvalue weighted by Gasteiger charge is 2.63. The number of hydrogen-bond acceptors (Lipinski definition) is 14. The zero-order valence-corrected chi connectivity index (χ0v) is 27.0. The van der Waals surface area contributed by atoms with Crippen molar-refractivity contribution in [2.75, 3.05) is 28.4 Å². The van der Waals surface area contributed by atoms with Gasteiger partial charge in [-0.05, 0) is 49.9 Å². The quantitative estimate of drug-likeness (QED) is 0.339. The third-order valence-electron chi connectivity index (χ3n) is 9.62. The van der Waals surface area contributed by atoms with Crippen LogP contribution >= 0.6 is 0 Å². The van der Waals surface area contributed by atoms with E-state index in [9.17, 15) is 39.6 Å². The smallest absolute Gasteiger partial charge is 0.358 e. The number of hydrogen-bond donors (Lipinski definition) is 4. The number of ketones is 2. The van der Waals surface area contributed by atoms with E-state index in [-0.39, 0.29) is 93.2 Å². The molecule has 0 unspecified atom stereocenters. The molecule has 4 N–H and O–H groups in total. The molecule has 0 spiro atoms. The molecule has 0 radical (unpaired) electrons. The zero-order chi connectivity index (χ0) is 35.0. The summed E-state index contributed by atoms with van der Waals surface area (Å²) in [5.74, 6) is -5.46. The minimum atomic E-state index is -2.26. The molecule has 0 saturated heterocycles. The number of ether oxygens (including phenoxy) is 6. The van der Waals surface area contributed by atoms with Gasteiger partial charge in [0.1, 0.15) is 57.9 Å². The highest BCUT2D eigenvalue weighted by atomic mass is 16.6. The minimum absolute atomic E-state index is 0.0151. The summed E-state index contributed by atoms with van der Waals surface area (Å²) in [5, 5.41) is 45.7. The van der Waals surface area contributed by atoms with E-state index in [2.05, 4.69) is 0 Å². The summed E-state index contributed by atoms with van der Waals surface area (Å²) in [4.78, 5) is 54.8. The largest absolute Gasteiger partial charge is 0.506 e. The number of aryl methyl sites for hydroxylation is 2. The Morgan fingerprint density at radius 3 is 1.35 bits per heavy atom. The second kappa shape index (κ2) is 11.3. The van der Waals surface area contributed by atoms with Gasteiger partial charge in [-0.25, -0.2) is 9.59 Å². The molecule has 4 aliphatic rings. The molecule has 2 heterocycles. The molecule has 2 aliphatic carbocycles. The van der Waals surface area contributed by atoms with Crippen molar-refractivity contribution < 1.29 is 68.0 Å². The fraction of sp³-hybridized carbons (Fsp3) is 0.412. The van der Waals surface area contributed by atoms with Crippen LogP contribution in [0.4, 0.5) is 0 Å². The van der Waals surface area contributed by atoms with Crippen LogP contribution in [0.5, 0.6) is 23.0 Å². The number of carbonyl (C=O) groups is 4. The second-order valence-electron chi connectivity index (χ2n) is 12.0. The van der Waals surface area contributed by atoms with Gasteiger partial charge in [0.2, 0.25) is 11.6 Å². The van der Waals surface area contributed by atoms with Gasteiger partial charge < -0.3 is 48.8 Å². The summed E-state index contributed by atoms with van der Waals surface area (Å²) < 4.78 is 32.9. The lowest BCUT2D eigenvalue weighted by molar-refractivity contribution is -0.167. The number of esters is 2. The number of fused-ring (bicyclic) bond motifs is 4. The Morgan fingerprint density at radius 1 is 0.688 bits per heavy atom. The van der Waals surface area contributed by atoms with E-state index in [0.717, 1.165) is 14.2 Å². The van der Waals surface area contributed by atoms with E-state index < -0.39 is 58.4 Å². The lowest BCUT2D eigenvalue weighted by Gasteiger charge is -2.44. The summed E-state index contributed by atoms with van der Waals surface area (Å²) in [5.41, 5.74) is -5.55. The summed E-state index contributed by atoms with van der Waals surface area (Å²) in [6.45, 7) is 3.08. The van der Waals surface area contributed by atoms with Crippen LogP contribution in [0.2, 0.25) is 0 Å². The normalized spacial score (nSPS) is 25.9. The Labute approximate surface area is 274 Å². The molecule has 14 heteroatoms. The van der Waals surface area contributed by atoms with Crippen molar-refractivity contribution in [2.45, 2.75) is 62.9 Å². The number of benzene rings is 2. The number of allylic oxidation sites excluding steroid dienone is 2. The van der Waals surface area contributed by atoms with E-state index in [1.807, 2.05) is 0 Å². The molecule has 0 bridgehead atoms. The molecule has 0 aromatic heterocycles. The molecule has 0 saturated carbocycles. The molecule has 2 aromatic rings. The number of phenolic OH excluding ortho intramolecular Hbond substituents is 2. The van der Waals surface area contributed by atoms with Crippen molar-refractivity contribution in [2.24, 2.45) is 0 Å². The third kappa shape index (κ3) is 4.05. The Morgan fingerprint density at radius 2 is 1.04 bits per heavy atom. The Bertz CT molecular complexity index is 1750. The molecule has 4 atom stereocenters. The zero-order valence-electron chi connectivity index (χ0n) is 27.0. The number of phenols is 2. The first kappa shape index (κ1) is 32.8. The van der Waals surface area contributed by atoms with E-state index in [1.165, 1.54) is 26.4 Å². The molecule has 48 heavy (non-hydrogen) atoms. The maximum atomic E-state index is 14.2. The van der Waals surface area contributed by atoms with Crippen molar-refractivity contribution in [1.29, 1.82) is 0 Å². The third-order valence-corrected chi connectivity index (χ3v) is 9.62. The van der Waals surface area contributed by atoms with E-state index in [0.29, 0.717) is 0 Å². The lowest BCUT2D eigenvalue weighted by atomic mass is 9.73. The maximum Gasteiger partial charge on any atom is 0.358 e. The Hall–Kier alpha value is -5.08. The summed E-state index contributed by atoms with van der Waals surface area (Å²) in [6, 6.07) is 2.72. The van der Waals surface area contributed by atoms with E-state index >= 15 is 0 Å². The van der Waals surface area contributed by atoms with Gasteiger partial charge in [0.25, 0.3) is 11.2 Å². The highest BCUT2D eigenvalue weighted by molar-refractivity contribution is 6.21. The Balaban J connectivity index is 1.60. The molecule has 2 aromatic carbocycles. The van der Waals surface area contributed by atoms with Gasteiger partial charge >= 0.3 is 11.9 Å². The van der Waals surface area contributed by atoms with Gasteiger partial charge in [0.15, 0.2) is 0 Å². The molecule has 0 amide bonds. The van der Waals surface area contributed by atoms with E-state index in [1.54, 1.807) is 13.8 Å². The van der Waals surface area contributed by atoms with Crippen LogP contribution in [0.25, 0.3) is 11.1 Å². The van der Waals surface area contributed by atoms with E-state index in [4.69, 9.17) is 28.4 Å². The second-order valence-corrected chi connectivity index (χ2v) is 12.0. The van der Waals surface area contributed by atoms with Crippen molar-refractivity contribution in [3.63, 3.8) is 0 Å². The van der Waals surface area contributed by atoms with Crippen LogP contribution in [0.1, 0.15) is 57.5 Å². The molecular weight excluding hydrogens is 632 g/mol. The molecule has 6 rings (SSSR count). The first-order valence-electron chi connectivity index (χ1n) is 15.1. The van der Waals surface area contributed by atoms with Crippen molar-refractivity contribution in [1.82, 2.24) is 0 Å². The predicted octanol–water partition coefficient (Wildman–Crippen LogP) is 2.47. The van der Waals surface area contributed by atoms with Crippen LogP contribution in [0.15, 0.2) is 34.8 Å². The molecule has 0 fully saturated rings. The number of aliphatic hydroxyl groups is 2. The SMILES string of the molecule is COC(=O)[C@]12Oc3cc(C)c(-c4c(C)cc5c(c4O)C(=O)C4=C(OC)CC[C@H](O)[C@@]4(C(=O)OC)O5)c(O)c3C(=O)C1=C(OC)CC[C@@H]2O. The van der Waals surface area contributed by atoms with Gasteiger partial charge in [0, 0.05) is 24.0 Å². The number of aromatic hydroxyl groups is 2. The van der Waals surface area contributed by atoms with Gasteiger partial charge in [-0.2, -0.15) is 0 Å². The van der Waals surface area contributed by atoms with Crippen LogP contribution in [-0.2, 0) is 28.5 Å². The van der Waals surface area contributed by atoms with Crippen LogP contribution in [0, 0.1) is 13.8 Å². The minimum Gasteiger partial charge on any atom is -0.506 e. The van der Waals surface area contributed by atoms with Crippen LogP contribution in [-0.4, -0.2) is 95.8 Å². The van der Waals surface area contributed by atoms with Gasteiger partial charge in [-0.15, -0.1) is 0 Å². The van der Waals surface area contributed by atoms with Crippen molar-refractivity contribution in [3.05, 3.63) is 57.1 Å². The number of carbonyl (C=O) groups excluding carboxylic acids is 4. The number of aliphatic hydroxyl groups excluding tert-OH is 2. The van der Waals surface area contributed by atoms with Crippen molar-refractivity contribution in [3.8, 4) is 34.1 Å². The molecular formula is C34H34O14. The number of Topliss-reactive ketones (excluding diaryl/α,β-unsaturated/α-hetero) is 2. The number of rotatable bonds is 5.